The second kappa shape index (κ2) is 9.74. The first kappa shape index (κ1) is 21.8. The number of benzene rings is 3. The summed E-state index contributed by atoms with van der Waals surface area (Å²) in [6, 6.07) is 16.4. The summed E-state index contributed by atoms with van der Waals surface area (Å²) in [5, 5.41) is 29.5. The normalized spacial score (nSPS) is 10.1. The van der Waals surface area contributed by atoms with Gasteiger partial charge in [-0.3, -0.25) is 0 Å². The van der Waals surface area contributed by atoms with E-state index in [-0.39, 0.29) is 33.9 Å². The molecule has 0 unspecified atom stereocenters. The predicted octanol–water partition coefficient (Wildman–Crippen LogP) is 2.66. The van der Waals surface area contributed by atoms with Crippen LogP contribution in [-0.4, -0.2) is 50.5 Å². The van der Waals surface area contributed by atoms with Crippen LogP contribution in [0.1, 0.15) is 31.1 Å². The first-order valence-electron chi connectivity index (χ1n) is 8.83. The van der Waals surface area contributed by atoms with Crippen LogP contribution in [0.4, 0.5) is 0 Å². The summed E-state index contributed by atoms with van der Waals surface area (Å²) >= 11 is -4.45. The molecule has 31 heavy (non-hydrogen) atoms. The molecule has 3 N–H and O–H groups in total. The van der Waals surface area contributed by atoms with Gasteiger partial charge in [0, 0.05) is 0 Å². The van der Waals surface area contributed by atoms with Gasteiger partial charge in [0.15, 0.2) is 0 Å². The number of phenolic OH excluding ortho intramolecular Hbond substituents is 3. The van der Waals surface area contributed by atoms with E-state index in [1.807, 2.05) is 0 Å². The Bertz CT molecular complexity index is 988. The average Bonchev–Trinajstić information content (AvgIpc) is 2.74. The van der Waals surface area contributed by atoms with Crippen molar-refractivity contribution in [2.45, 2.75) is 0 Å². The SMILES string of the molecule is O=C([O][Ga]([O]C(=O)c1ccccc1O)[O]C(=O)c1ccccc1O)c1ccccc1O. The molecule has 0 radical (unpaired) electrons. The van der Waals surface area contributed by atoms with Gasteiger partial charge in [-0.1, -0.05) is 0 Å². The molecule has 3 rings (SSSR count). The molecule has 0 spiro atoms. The zero-order chi connectivity index (χ0) is 22.4. The van der Waals surface area contributed by atoms with Crippen molar-refractivity contribution in [1.29, 1.82) is 0 Å². The van der Waals surface area contributed by atoms with Crippen LogP contribution in [0.3, 0.4) is 0 Å². The molecule has 3 aromatic carbocycles. The zero-order valence-corrected chi connectivity index (χ0v) is 18.2. The van der Waals surface area contributed by atoms with E-state index >= 15 is 0 Å². The molecule has 0 saturated heterocycles. The van der Waals surface area contributed by atoms with Crippen molar-refractivity contribution >= 4 is 35.2 Å². The number of phenols is 3. The van der Waals surface area contributed by atoms with E-state index in [0.29, 0.717) is 0 Å². The molecule has 0 aliphatic carbocycles. The third kappa shape index (κ3) is 5.38. The van der Waals surface area contributed by atoms with Crippen molar-refractivity contribution in [3.05, 3.63) is 89.5 Å². The van der Waals surface area contributed by atoms with Crippen LogP contribution in [0.15, 0.2) is 72.8 Å². The Morgan fingerprint density at radius 1 is 0.516 bits per heavy atom. The van der Waals surface area contributed by atoms with Gasteiger partial charge in [0.25, 0.3) is 0 Å². The monoisotopic (exact) mass is 480 g/mol. The summed E-state index contributed by atoms with van der Waals surface area (Å²) in [5.74, 6) is -4.36. The Morgan fingerprint density at radius 2 is 0.774 bits per heavy atom. The zero-order valence-electron chi connectivity index (χ0n) is 15.8. The third-order valence-corrected chi connectivity index (χ3v) is 6.54. The van der Waals surface area contributed by atoms with E-state index in [4.69, 9.17) is 10.6 Å². The number of rotatable bonds is 6. The first-order chi connectivity index (χ1) is 14.9. The molecule has 9 nitrogen and oxygen atoms in total. The number of hydrogen-bond acceptors (Lipinski definition) is 9. The molecule has 0 aromatic heterocycles. The number of aromatic hydroxyl groups is 3. The van der Waals surface area contributed by atoms with Gasteiger partial charge in [-0.2, -0.15) is 0 Å². The Morgan fingerprint density at radius 3 is 1.03 bits per heavy atom. The molecular weight excluding hydrogens is 466 g/mol. The summed E-state index contributed by atoms with van der Waals surface area (Å²) in [4.78, 5) is 37.3. The van der Waals surface area contributed by atoms with E-state index < -0.39 is 35.2 Å². The van der Waals surface area contributed by atoms with Crippen LogP contribution in [-0.2, 0) is 10.6 Å². The first-order valence-corrected chi connectivity index (χ1v) is 11.8. The molecule has 3 aromatic rings. The Hall–Kier alpha value is -3.89. The standard InChI is InChI=1S/3C7H6O3.Ga/c3*8-6-4-2-1-3-5(6)7(9)10;/h3*1-4,8H,(H,9,10);/q;;;+3/p-3. The van der Waals surface area contributed by atoms with Crippen molar-refractivity contribution in [2.75, 3.05) is 0 Å². The molecule has 0 bridgehead atoms. The predicted molar refractivity (Wildman–Crippen MR) is 106 cm³/mol. The number of carbonyl (C=O) groups is 3. The summed E-state index contributed by atoms with van der Waals surface area (Å²) in [5.41, 5.74) is -0.680. The van der Waals surface area contributed by atoms with Gasteiger partial charge >= 0.3 is 182 Å². The van der Waals surface area contributed by atoms with Gasteiger partial charge in [-0.05, 0) is 0 Å². The van der Waals surface area contributed by atoms with Crippen molar-refractivity contribution in [2.24, 2.45) is 0 Å². The Kier molecular flexibility index (Phi) is 6.85. The minimum atomic E-state index is -4.45. The van der Waals surface area contributed by atoms with Crippen LogP contribution in [0, 0.1) is 0 Å². The van der Waals surface area contributed by atoms with Gasteiger partial charge in [-0.25, -0.2) is 0 Å². The van der Waals surface area contributed by atoms with Crippen molar-refractivity contribution in [3.8, 4) is 17.2 Å². The molecule has 0 aliphatic rings. The summed E-state index contributed by atoms with van der Waals surface area (Å²) in [6.07, 6.45) is 0. The molecule has 0 fully saturated rings. The second-order valence-corrected chi connectivity index (χ2v) is 8.75. The van der Waals surface area contributed by atoms with Crippen molar-refractivity contribution in [3.63, 3.8) is 0 Å². The van der Waals surface area contributed by atoms with Gasteiger partial charge in [0.2, 0.25) is 0 Å². The summed E-state index contributed by atoms with van der Waals surface area (Å²) < 4.78 is 15.4. The van der Waals surface area contributed by atoms with Crippen LogP contribution in [0.25, 0.3) is 0 Å². The summed E-state index contributed by atoms with van der Waals surface area (Å²) in [7, 11) is 0. The fourth-order valence-corrected chi connectivity index (χ4v) is 4.67. The maximum atomic E-state index is 12.4. The fourth-order valence-electron chi connectivity index (χ4n) is 2.46. The Labute approximate surface area is 182 Å². The van der Waals surface area contributed by atoms with Crippen LogP contribution < -0.4 is 0 Å². The van der Waals surface area contributed by atoms with Gasteiger partial charge in [-0.15, -0.1) is 0 Å². The van der Waals surface area contributed by atoms with Gasteiger partial charge < -0.3 is 0 Å². The Balaban J connectivity index is 1.84. The molecule has 10 heteroatoms. The molecule has 156 valence electrons. The van der Waals surface area contributed by atoms with Gasteiger partial charge in [0.1, 0.15) is 0 Å². The van der Waals surface area contributed by atoms with E-state index in [1.54, 1.807) is 0 Å². The number of hydrogen-bond donors (Lipinski definition) is 3. The molecule has 0 amide bonds. The molecular formula is C21H15GaO9. The summed E-state index contributed by atoms with van der Waals surface area (Å²) in [6.45, 7) is 0. The van der Waals surface area contributed by atoms with E-state index in [1.165, 1.54) is 72.8 Å². The third-order valence-electron chi connectivity index (χ3n) is 3.98. The van der Waals surface area contributed by atoms with Crippen LogP contribution >= 0.6 is 0 Å². The molecule has 0 aliphatic heterocycles. The van der Waals surface area contributed by atoms with Gasteiger partial charge in [0.05, 0.1) is 0 Å². The van der Waals surface area contributed by atoms with Crippen LogP contribution in [0.5, 0.6) is 17.2 Å². The number of carbonyl (C=O) groups excluding carboxylic acids is 3. The van der Waals surface area contributed by atoms with E-state index in [0.717, 1.165) is 0 Å². The molecule has 0 saturated carbocycles. The molecule has 0 heterocycles. The topological polar surface area (TPSA) is 140 Å². The average molecular weight is 481 g/mol. The van der Waals surface area contributed by atoms with E-state index in [2.05, 4.69) is 0 Å². The number of para-hydroxylation sites is 3. The fraction of sp³-hybridized carbons (Fsp3) is 0. The van der Waals surface area contributed by atoms with Crippen molar-refractivity contribution in [1.82, 2.24) is 0 Å². The van der Waals surface area contributed by atoms with Crippen LogP contribution in [0.2, 0.25) is 0 Å². The van der Waals surface area contributed by atoms with E-state index in [9.17, 15) is 29.7 Å². The quantitative estimate of drug-likeness (QED) is 0.454. The maximum absolute atomic E-state index is 12.4. The molecule has 0 atom stereocenters. The second-order valence-electron chi connectivity index (χ2n) is 6.06. The minimum absolute atomic E-state index is 0.227. The van der Waals surface area contributed by atoms with Crippen molar-refractivity contribution < 1.29 is 40.3 Å².